The Bertz CT molecular complexity index is 478. The molecule has 2 rings (SSSR count). The van der Waals surface area contributed by atoms with Crippen molar-refractivity contribution in [3.05, 3.63) is 34.5 Å². The molecule has 4 nitrogen and oxygen atoms in total. The molecule has 66 valence electrons. The molecule has 1 atom stereocenters. The Balaban J connectivity index is 2.77. The van der Waals surface area contributed by atoms with Crippen LogP contribution in [0.25, 0.3) is 0 Å². The smallest absolute Gasteiger partial charge is 0.285 e. The highest BCUT2D eigenvalue weighted by Crippen LogP contribution is 1.91. The van der Waals surface area contributed by atoms with Gasteiger partial charge in [0.1, 0.15) is 0 Å². The number of hydrogen-bond donors (Lipinski definition) is 1. The number of carbonyl (C=O) groups excluding carboxylic acids is 1. The molecule has 1 aliphatic heterocycles. The van der Waals surface area contributed by atoms with Crippen molar-refractivity contribution < 1.29 is 4.79 Å². The van der Waals surface area contributed by atoms with Crippen molar-refractivity contribution >= 4 is 5.91 Å². The van der Waals surface area contributed by atoms with E-state index in [1.807, 2.05) is 19.1 Å². The molecule has 0 aromatic heterocycles. The largest absolute Gasteiger partial charge is 0.302 e. The Hall–Kier alpha value is -1.55. The van der Waals surface area contributed by atoms with E-state index in [0.717, 1.165) is 5.56 Å². The van der Waals surface area contributed by atoms with Crippen LogP contribution < -0.4 is 16.4 Å². The highest BCUT2D eigenvalue weighted by Gasteiger charge is 2.13. The standard InChI is InChI=1S/C9H9N3O/c1-5-2-3-6-7(4-5)11-8(10)9(13)12-6/h2-4,8H,10H2,1H3. The van der Waals surface area contributed by atoms with Crippen LogP contribution in [0, 0.1) is 6.92 Å². The van der Waals surface area contributed by atoms with Crippen molar-refractivity contribution in [2.24, 2.45) is 15.7 Å². The zero-order chi connectivity index (χ0) is 9.42. The predicted molar refractivity (Wildman–Crippen MR) is 46.5 cm³/mol. The fraction of sp³-hybridized carbons (Fsp3) is 0.222. The van der Waals surface area contributed by atoms with E-state index >= 15 is 0 Å². The number of aryl methyl sites for hydroxylation is 1. The van der Waals surface area contributed by atoms with E-state index in [2.05, 4.69) is 9.98 Å². The number of hydrogen-bond acceptors (Lipinski definition) is 3. The maximum absolute atomic E-state index is 11.1. The van der Waals surface area contributed by atoms with Gasteiger partial charge in [-0.05, 0) is 24.6 Å². The molecule has 0 spiro atoms. The molecule has 0 fully saturated rings. The molecule has 4 heteroatoms. The normalized spacial score (nSPS) is 20.2. The molecule has 1 aromatic rings. The van der Waals surface area contributed by atoms with Crippen LogP contribution in [0.4, 0.5) is 0 Å². The summed E-state index contributed by atoms with van der Waals surface area (Å²) in [6, 6.07) is 5.53. The molecule has 0 saturated carbocycles. The summed E-state index contributed by atoms with van der Waals surface area (Å²) >= 11 is 0. The Labute approximate surface area is 74.8 Å². The van der Waals surface area contributed by atoms with Gasteiger partial charge in [0.25, 0.3) is 5.91 Å². The van der Waals surface area contributed by atoms with Crippen LogP contribution >= 0.6 is 0 Å². The van der Waals surface area contributed by atoms with Gasteiger partial charge in [-0.3, -0.25) is 9.79 Å². The molecule has 1 aliphatic rings. The van der Waals surface area contributed by atoms with E-state index in [-0.39, 0.29) is 5.91 Å². The van der Waals surface area contributed by atoms with Crippen LogP contribution in [0.3, 0.4) is 0 Å². The fourth-order valence-electron chi connectivity index (χ4n) is 1.22. The van der Waals surface area contributed by atoms with E-state index in [1.54, 1.807) is 6.07 Å². The van der Waals surface area contributed by atoms with Crippen molar-refractivity contribution in [3.8, 4) is 0 Å². The molecule has 13 heavy (non-hydrogen) atoms. The lowest BCUT2D eigenvalue weighted by Crippen LogP contribution is -2.40. The lowest BCUT2D eigenvalue weighted by molar-refractivity contribution is -0.119. The number of carbonyl (C=O) groups is 1. The third kappa shape index (κ3) is 1.36. The minimum atomic E-state index is -0.825. The monoisotopic (exact) mass is 175 g/mol. The number of rotatable bonds is 0. The Morgan fingerprint density at radius 3 is 2.92 bits per heavy atom. The highest BCUT2D eigenvalue weighted by molar-refractivity contribution is 5.82. The van der Waals surface area contributed by atoms with Crippen LogP contribution in [-0.4, -0.2) is 12.1 Å². The Kier molecular flexibility index (Phi) is 1.70. The molecular weight excluding hydrogens is 166 g/mol. The molecule has 1 unspecified atom stereocenters. The molecule has 0 bridgehead atoms. The number of nitrogens with two attached hydrogens (primary N) is 1. The second-order valence-corrected chi connectivity index (χ2v) is 3.02. The first kappa shape index (κ1) is 8.07. The summed E-state index contributed by atoms with van der Waals surface area (Å²) in [5.74, 6) is -0.378. The Morgan fingerprint density at radius 2 is 2.15 bits per heavy atom. The van der Waals surface area contributed by atoms with Crippen LogP contribution in [-0.2, 0) is 4.79 Å². The summed E-state index contributed by atoms with van der Waals surface area (Å²) in [6.45, 7) is 1.96. The van der Waals surface area contributed by atoms with Gasteiger partial charge in [-0.15, -0.1) is 0 Å². The lowest BCUT2D eigenvalue weighted by atomic mass is 10.2. The maximum Gasteiger partial charge on any atom is 0.285 e. The fourth-order valence-corrected chi connectivity index (χ4v) is 1.22. The number of benzene rings is 1. The quantitative estimate of drug-likeness (QED) is 0.553. The van der Waals surface area contributed by atoms with Crippen molar-refractivity contribution in [3.63, 3.8) is 0 Å². The van der Waals surface area contributed by atoms with Crippen molar-refractivity contribution in [2.75, 3.05) is 0 Å². The van der Waals surface area contributed by atoms with Gasteiger partial charge >= 0.3 is 0 Å². The van der Waals surface area contributed by atoms with Crippen LogP contribution in [0.1, 0.15) is 5.56 Å². The minimum Gasteiger partial charge on any atom is -0.302 e. The first-order valence-corrected chi connectivity index (χ1v) is 3.99. The molecule has 0 aliphatic carbocycles. The van der Waals surface area contributed by atoms with Crippen LogP contribution in [0.5, 0.6) is 0 Å². The average Bonchev–Trinajstić information content (AvgIpc) is 2.08. The third-order valence-electron chi connectivity index (χ3n) is 1.89. The van der Waals surface area contributed by atoms with Gasteiger partial charge in [-0.25, -0.2) is 4.99 Å². The van der Waals surface area contributed by atoms with E-state index in [0.29, 0.717) is 10.7 Å². The molecule has 1 amide bonds. The SMILES string of the molecule is Cc1ccc2c(c1)=NC(N)C(=O)N=2. The van der Waals surface area contributed by atoms with Crippen molar-refractivity contribution in [2.45, 2.75) is 13.1 Å². The lowest BCUT2D eigenvalue weighted by Gasteiger charge is -2.05. The second-order valence-electron chi connectivity index (χ2n) is 3.02. The topological polar surface area (TPSA) is 67.8 Å². The predicted octanol–water partition coefficient (Wildman–Crippen LogP) is -0.941. The van der Waals surface area contributed by atoms with E-state index < -0.39 is 6.17 Å². The van der Waals surface area contributed by atoms with Crippen LogP contribution in [0.2, 0.25) is 0 Å². The van der Waals surface area contributed by atoms with Gasteiger partial charge in [-0.2, -0.15) is 0 Å². The van der Waals surface area contributed by atoms with E-state index in [9.17, 15) is 4.79 Å². The van der Waals surface area contributed by atoms with Gasteiger partial charge in [0, 0.05) is 0 Å². The molecule has 1 aromatic carbocycles. The minimum absolute atomic E-state index is 0.378. The molecule has 0 saturated heterocycles. The highest BCUT2D eigenvalue weighted by atomic mass is 16.2. The van der Waals surface area contributed by atoms with Crippen molar-refractivity contribution in [1.82, 2.24) is 0 Å². The van der Waals surface area contributed by atoms with Crippen LogP contribution in [0.15, 0.2) is 28.2 Å². The zero-order valence-corrected chi connectivity index (χ0v) is 7.19. The van der Waals surface area contributed by atoms with Gasteiger partial charge < -0.3 is 5.73 Å². The molecular formula is C9H9N3O. The average molecular weight is 175 g/mol. The number of nitrogens with zero attached hydrogens (tertiary/aromatic N) is 2. The third-order valence-corrected chi connectivity index (χ3v) is 1.89. The summed E-state index contributed by atoms with van der Waals surface area (Å²) in [4.78, 5) is 18.9. The first-order chi connectivity index (χ1) is 6.16. The number of fused-ring (bicyclic) bond motifs is 1. The molecule has 2 N–H and O–H groups in total. The summed E-state index contributed by atoms with van der Waals surface area (Å²) in [5, 5.41) is 1.31. The summed E-state index contributed by atoms with van der Waals surface area (Å²) in [6.07, 6.45) is -0.825. The van der Waals surface area contributed by atoms with Gasteiger partial charge in [-0.1, -0.05) is 6.07 Å². The second kappa shape index (κ2) is 2.74. The zero-order valence-electron chi connectivity index (χ0n) is 7.19. The summed E-state index contributed by atoms with van der Waals surface area (Å²) < 4.78 is 0. The Morgan fingerprint density at radius 1 is 1.38 bits per heavy atom. The van der Waals surface area contributed by atoms with Gasteiger partial charge in [0.15, 0.2) is 6.17 Å². The molecule has 0 radical (unpaired) electrons. The summed E-state index contributed by atoms with van der Waals surface area (Å²) in [5.41, 5.74) is 6.52. The van der Waals surface area contributed by atoms with Crippen molar-refractivity contribution in [1.29, 1.82) is 0 Å². The summed E-state index contributed by atoms with van der Waals surface area (Å²) in [7, 11) is 0. The van der Waals surface area contributed by atoms with E-state index in [1.165, 1.54) is 0 Å². The van der Waals surface area contributed by atoms with E-state index in [4.69, 9.17) is 5.73 Å². The van der Waals surface area contributed by atoms with Gasteiger partial charge in [0.2, 0.25) is 0 Å². The van der Waals surface area contributed by atoms with Gasteiger partial charge in [0.05, 0.1) is 10.7 Å². The maximum atomic E-state index is 11.1. The number of amides is 1. The first-order valence-electron chi connectivity index (χ1n) is 3.99. The molecule has 1 heterocycles.